The summed E-state index contributed by atoms with van der Waals surface area (Å²) in [7, 11) is 0. The van der Waals surface area contributed by atoms with Crippen LogP contribution >= 0.6 is 12.4 Å². The summed E-state index contributed by atoms with van der Waals surface area (Å²) in [4.78, 5) is 23.4. The Morgan fingerprint density at radius 3 is 2.44 bits per heavy atom. The molecule has 1 rings (SSSR count). The van der Waals surface area contributed by atoms with E-state index < -0.39 is 35.5 Å². The maximum absolute atomic E-state index is 13.4. The highest BCUT2D eigenvalue weighted by Gasteiger charge is 2.18. The predicted molar refractivity (Wildman–Crippen MR) is 92.5 cm³/mol. The zero-order chi connectivity index (χ0) is 18.3. The molecule has 4 N–H and O–H groups in total. The largest absolute Gasteiger partial charge is 0.488 e. The SMILES string of the molecule is CC(COc1ccc(F)cc1F)NC(=O)CNC(=O)[C@@H](N)C(C)C.Cl. The fourth-order valence-corrected chi connectivity index (χ4v) is 1.76. The number of carbonyl (C=O) groups excluding carboxylic acids is 2. The second-order valence-corrected chi connectivity index (χ2v) is 5.84. The van der Waals surface area contributed by atoms with Crippen molar-refractivity contribution in [3.63, 3.8) is 0 Å². The summed E-state index contributed by atoms with van der Waals surface area (Å²) >= 11 is 0. The molecule has 6 nitrogen and oxygen atoms in total. The number of rotatable bonds is 8. The number of amides is 2. The van der Waals surface area contributed by atoms with Crippen molar-refractivity contribution in [3.8, 4) is 5.75 Å². The normalized spacial score (nSPS) is 12.8. The van der Waals surface area contributed by atoms with E-state index in [0.29, 0.717) is 6.07 Å². The van der Waals surface area contributed by atoms with Gasteiger partial charge in [0.15, 0.2) is 11.6 Å². The first-order valence-corrected chi connectivity index (χ1v) is 7.61. The second-order valence-electron chi connectivity index (χ2n) is 5.84. The van der Waals surface area contributed by atoms with Crippen LogP contribution in [0.25, 0.3) is 0 Å². The molecule has 0 radical (unpaired) electrons. The Kier molecular flexibility index (Phi) is 10.00. The molecular weight excluding hydrogens is 356 g/mol. The molecule has 0 aliphatic heterocycles. The molecule has 0 heterocycles. The van der Waals surface area contributed by atoms with E-state index in [2.05, 4.69) is 10.6 Å². The van der Waals surface area contributed by atoms with Crippen LogP contribution in [0.4, 0.5) is 8.78 Å². The van der Waals surface area contributed by atoms with Gasteiger partial charge in [-0.2, -0.15) is 0 Å². The Morgan fingerprint density at radius 1 is 1.24 bits per heavy atom. The first-order valence-electron chi connectivity index (χ1n) is 7.61. The summed E-state index contributed by atoms with van der Waals surface area (Å²) < 4.78 is 31.4. The van der Waals surface area contributed by atoms with E-state index in [1.807, 2.05) is 0 Å². The quantitative estimate of drug-likeness (QED) is 0.636. The van der Waals surface area contributed by atoms with E-state index in [0.717, 1.165) is 6.07 Å². The van der Waals surface area contributed by atoms with Gasteiger partial charge in [-0.05, 0) is 25.0 Å². The van der Waals surface area contributed by atoms with Crippen molar-refractivity contribution >= 4 is 24.2 Å². The topological polar surface area (TPSA) is 93.5 Å². The number of hydrogen-bond donors (Lipinski definition) is 3. The van der Waals surface area contributed by atoms with Crippen LogP contribution in [0, 0.1) is 17.6 Å². The van der Waals surface area contributed by atoms with Gasteiger partial charge in [0.05, 0.1) is 18.6 Å². The van der Waals surface area contributed by atoms with Crippen LogP contribution in [0.3, 0.4) is 0 Å². The highest BCUT2D eigenvalue weighted by Crippen LogP contribution is 2.17. The summed E-state index contributed by atoms with van der Waals surface area (Å²) in [6.45, 7) is 5.04. The van der Waals surface area contributed by atoms with Crippen LogP contribution in [0.5, 0.6) is 5.75 Å². The van der Waals surface area contributed by atoms with E-state index >= 15 is 0 Å². The lowest BCUT2D eigenvalue weighted by atomic mass is 10.1. The smallest absolute Gasteiger partial charge is 0.239 e. The Morgan fingerprint density at radius 2 is 1.88 bits per heavy atom. The van der Waals surface area contributed by atoms with E-state index in [1.54, 1.807) is 20.8 Å². The number of nitrogens with one attached hydrogen (secondary N) is 2. The number of benzene rings is 1. The van der Waals surface area contributed by atoms with E-state index in [9.17, 15) is 18.4 Å². The van der Waals surface area contributed by atoms with Crippen molar-refractivity contribution < 1.29 is 23.1 Å². The molecule has 0 fully saturated rings. The number of halogens is 3. The molecule has 0 saturated heterocycles. The third kappa shape index (κ3) is 8.13. The van der Waals surface area contributed by atoms with Gasteiger partial charge in [-0.1, -0.05) is 13.8 Å². The Hall–Kier alpha value is -1.93. The lowest BCUT2D eigenvalue weighted by molar-refractivity contribution is -0.127. The van der Waals surface area contributed by atoms with Gasteiger partial charge in [0.25, 0.3) is 0 Å². The van der Waals surface area contributed by atoms with Crippen molar-refractivity contribution in [3.05, 3.63) is 29.8 Å². The Bertz CT molecular complexity index is 588. The van der Waals surface area contributed by atoms with Gasteiger partial charge in [-0.15, -0.1) is 12.4 Å². The number of ether oxygens (including phenoxy) is 1. The molecule has 1 aromatic carbocycles. The summed E-state index contributed by atoms with van der Waals surface area (Å²) in [5.74, 6) is -2.48. The van der Waals surface area contributed by atoms with E-state index in [4.69, 9.17) is 10.5 Å². The molecule has 9 heteroatoms. The van der Waals surface area contributed by atoms with Gasteiger partial charge in [0.2, 0.25) is 11.8 Å². The lowest BCUT2D eigenvalue weighted by Crippen LogP contribution is -2.48. The van der Waals surface area contributed by atoms with Crippen molar-refractivity contribution in [2.75, 3.05) is 13.2 Å². The summed E-state index contributed by atoms with van der Waals surface area (Å²) in [5, 5.41) is 5.03. The van der Waals surface area contributed by atoms with Crippen molar-refractivity contribution in [1.82, 2.24) is 10.6 Å². The molecule has 2 amide bonds. The molecule has 2 atom stereocenters. The molecule has 142 valence electrons. The molecule has 0 spiro atoms. The number of carbonyl (C=O) groups is 2. The van der Waals surface area contributed by atoms with Crippen LogP contribution < -0.4 is 21.1 Å². The number of nitrogens with two attached hydrogens (primary N) is 1. The van der Waals surface area contributed by atoms with Crippen LogP contribution in [0.1, 0.15) is 20.8 Å². The molecule has 0 saturated carbocycles. The molecule has 0 aromatic heterocycles. The average Bonchev–Trinajstić information content (AvgIpc) is 2.50. The maximum Gasteiger partial charge on any atom is 0.239 e. The van der Waals surface area contributed by atoms with Gasteiger partial charge < -0.3 is 21.1 Å². The van der Waals surface area contributed by atoms with Crippen LogP contribution in [0.15, 0.2) is 18.2 Å². The van der Waals surface area contributed by atoms with Crippen LogP contribution in [-0.2, 0) is 9.59 Å². The molecular formula is C16H24ClF2N3O3. The highest BCUT2D eigenvalue weighted by atomic mass is 35.5. The zero-order valence-corrected chi connectivity index (χ0v) is 15.2. The molecule has 25 heavy (non-hydrogen) atoms. The first-order chi connectivity index (χ1) is 11.2. The molecule has 1 aromatic rings. The molecule has 0 bridgehead atoms. The number of hydrogen-bond acceptors (Lipinski definition) is 4. The van der Waals surface area contributed by atoms with Crippen LogP contribution in [-0.4, -0.2) is 37.0 Å². The third-order valence-electron chi connectivity index (χ3n) is 3.23. The van der Waals surface area contributed by atoms with E-state index in [-0.39, 0.29) is 37.2 Å². The summed E-state index contributed by atoms with van der Waals surface area (Å²) in [6.07, 6.45) is 0. The lowest BCUT2D eigenvalue weighted by Gasteiger charge is -2.17. The third-order valence-corrected chi connectivity index (χ3v) is 3.23. The minimum Gasteiger partial charge on any atom is -0.488 e. The van der Waals surface area contributed by atoms with Gasteiger partial charge in [0.1, 0.15) is 12.4 Å². The standard InChI is InChI=1S/C16H23F2N3O3.ClH/c1-9(2)15(19)16(23)20-7-14(22)21-10(3)8-24-13-5-4-11(17)6-12(13)18;/h4-6,9-10,15H,7-8,19H2,1-3H3,(H,20,23)(H,21,22);1H/t10?,15-;/m0./s1. The maximum atomic E-state index is 13.4. The monoisotopic (exact) mass is 379 g/mol. The zero-order valence-electron chi connectivity index (χ0n) is 14.3. The van der Waals surface area contributed by atoms with Gasteiger partial charge in [-0.25, -0.2) is 8.78 Å². The fraction of sp³-hybridized carbons (Fsp3) is 0.500. The van der Waals surface area contributed by atoms with E-state index in [1.165, 1.54) is 6.07 Å². The van der Waals surface area contributed by atoms with Gasteiger partial charge in [0, 0.05) is 6.07 Å². The predicted octanol–water partition coefficient (Wildman–Crippen LogP) is 1.37. The summed E-state index contributed by atoms with van der Waals surface area (Å²) in [5.41, 5.74) is 5.66. The average molecular weight is 380 g/mol. The minimum atomic E-state index is -0.816. The Balaban J connectivity index is 0.00000576. The van der Waals surface area contributed by atoms with Crippen molar-refractivity contribution in [1.29, 1.82) is 0 Å². The minimum absolute atomic E-state index is 0. The molecule has 1 unspecified atom stereocenters. The highest BCUT2D eigenvalue weighted by molar-refractivity contribution is 5.87. The second kappa shape index (κ2) is 10.8. The summed E-state index contributed by atoms with van der Waals surface area (Å²) in [6, 6.07) is 1.85. The molecule has 0 aliphatic rings. The Labute approximate surface area is 151 Å². The van der Waals surface area contributed by atoms with Crippen molar-refractivity contribution in [2.24, 2.45) is 11.7 Å². The van der Waals surface area contributed by atoms with Crippen molar-refractivity contribution in [2.45, 2.75) is 32.9 Å². The van der Waals surface area contributed by atoms with Crippen LogP contribution in [0.2, 0.25) is 0 Å². The molecule has 0 aliphatic carbocycles. The van der Waals surface area contributed by atoms with Gasteiger partial charge in [-0.3, -0.25) is 9.59 Å². The van der Waals surface area contributed by atoms with Gasteiger partial charge >= 0.3 is 0 Å². The fourth-order valence-electron chi connectivity index (χ4n) is 1.76. The first kappa shape index (κ1) is 23.1.